The Kier molecular flexibility index (Phi) is 3.77. The first-order valence-electron chi connectivity index (χ1n) is 5.28. The van der Waals surface area contributed by atoms with Gasteiger partial charge in [-0.1, -0.05) is 11.6 Å². The molecule has 1 aromatic carbocycles. The van der Waals surface area contributed by atoms with Crippen molar-refractivity contribution in [1.82, 2.24) is 10.2 Å². The van der Waals surface area contributed by atoms with Crippen LogP contribution in [0.4, 0.5) is 24.7 Å². The van der Waals surface area contributed by atoms with Crippen molar-refractivity contribution < 1.29 is 13.2 Å². The second kappa shape index (κ2) is 5.35. The van der Waals surface area contributed by atoms with Crippen LogP contribution in [0.25, 0.3) is 0 Å². The van der Waals surface area contributed by atoms with Crippen molar-refractivity contribution in [2.75, 3.05) is 5.32 Å². The van der Waals surface area contributed by atoms with Crippen LogP contribution in [0, 0.1) is 11.3 Å². The molecule has 0 fully saturated rings. The fraction of sp³-hybridized carbons (Fsp3) is 0.0833. The van der Waals surface area contributed by atoms with Crippen molar-refractivity contribution in [3.05, 3.63) is 46.6 Å². The first-order valence-corrected chi connectivity index (χ1v) is 5.65. The van der Waals surface area contributed by atoms with Gasteiger partial charge in [-0.15, -0.1) is 10.2 Å². The molecule has 1 N–H and O–H groups in total. The van der Waals surface area contributed by atoms with Gasteiger partial charge in [0.15, 0.2) is 11.0 Å². The molecule has 0 saturated carbocycles. The van der Waals surface area contributed by atoms with E-state index in [9.17, 15) is 13.2 Å². The Morgan fingerprint density at radius 2 is 1.90 bits per heavy atom. The van der Waals surface area contributed by atoms with Gasteiger partial charge in [-0.2, -0.15) is 18.4 Å². The van der Waals surface area contributed by atoms with Gasteiger partial charge in [0.25, 0.3) is 0 Å². The van der Waals surface area contributed by atoms with Crippen molar-refractivity contribution in [3.63, 3.8) is 0 Å². The minimum Gasteiger partial charge on any atom is -0.338 e. The van der Waals surface area contributed by atoms with Crippen molar-refractivity contribution in [1.29, 1.82) is 5.26 Å². The van der Waals surface area contributed by atoms with Gasteiger partial charge in [0, 0.05) is 0 Å². The topological polar surface area (TPSA) is 61.6 Å². The first kappa shape index (κ1) is 14.1. The van der Waals surface area contributed by atoms with E-state index >= 15 is 0 Å². The zero-order valence-corrected chi connectivity index (χ0v) is 10.5. The molecule has 8 heteroatoms. The molecule has 0 atom stereocenters. The van der Waals surface area contributed by atoms with Crippen LogP contribution < -0.4 is 5.32 Å². The van der Waals surface area contributed by atoms with Crippen LogP contribution in [0.5, 0.6) is 0 Å². The molecule has 0 aliphatic heterocycles. The van der Waals surface area contributed by atoms with Crippen LogP contribution in [0.1, 0.15) is 11.1 Å². The number of halogens is 4. The van der Waals surface area contributed by atoms with Crippen LogP contribution in [-0.2, 0) is 6.18 Å². The van der Waals surface area contributed by atoms with Gasteiger partial charge in [0.1, 0.15) is 6.07 Å². The largest absolute Gasteiger partial charge is 0.416 e. The van der Waals surface area contributed by atoms with E-state index in [1.54, 1.807) is 6.07 Å². The summed E-state index contributed by atoms with van der Waals surface area (Å²) in [7, 11) is 0. The van der Waals surface area contributed by atoms with E-state index < -0.39 is 11.7 Å². The van der Waals surface area contributed by atoms with Crippen LogP contribution in [0.3, 0.4) is 0 Å². The highest BCUT2D eigenvalue weighted by molar-refractivity contribution is 6.29. The normalized spacial score (nSPS) is 10.9. The lowest BCUT2D eigenvalue weighted by Crippen LogP contribution is -2.06. The summed E-state index contributed by atoms with van der Waals surface area (Å²) in [5.41, 5.74) is -0.824. The maximum atomic E-state index is 12.5. The number of nitriles is 1. The van der Waals surface area contributed by atoms with Gasteiger partial charge in [-0.3, -0.25) is 0 Å². The van der Waals surface area contributed by atoms with E-state index in [2.05, 4.69) is 15.5 Å². The Morgan fingerprint density at radius 1 is 1.15 bits per heavy atom. The molecule has 0 aliphatic carbocycles. The van der Waals surface area contributed by atoms with Crippen molar-refractivity contribution in [2.45, 2.75) is 6.18 Å². The van der Waals surface area contributed by atoms with Crippen LogP contribution in [0.2, 0.25) is 5.15 Å². The molecule has 4 nitrogen and oxygen atoms in total. The lowest BCUT2D eigenvalue weighted by atomic mass is 10.1. The summed E-state index contributed by atoms with van der Waals surface area (Å²) in [6.45, 7) is 0. The number of rotatable bonds is 2. The Hall–Kier alpha value is -2.33. The van der Waals surface area contributed by atoms with E-state index in [1.807, 2.05) is 0 Å². The molecular formula is C12H6ClF3N4. The summed E-state index contributed by atoms with van der Waals surface area (Å²) in [6, 6.07) is 7.48. The van der Waals surface area contributed by atoms with E-state index in [-0.39, 0.29) is 22.2 Å². The minimum absolute atomic E-state index is 0.142. The van der Waals surface area contributed by atoms with Crippen LogP contribution >= 0.6 is 11.6 Å². The molecule has 0 radical (unpaired) electrons. The van der Waals surface area contributed by atoms with Gasteiger partial charge in [0.05, 0.1) is 16.8 Å². The smallest absolute Gasteiger partial charge is 0.338 e. The highest BCUT2D eigenvalue weighted by Crippen LogP contribution is 2.32. The van der Waals surface area contributed by atoms with Gasteiger partial charge in [-0.25, -0.2) is 0 Å². The van der Waals surface area contributed by atoms with E-state index in [0.717, 1.165) is 18.2 Å². The van der Waals surface area contributed by atoms with E-state index in [4.69, 9.17) is 16.9 Å². The molecule has 2 rings (SSSR count). The van der Waals surface area contributed by atoms with Crippen molar-refractivity contribution in [2.24, 2.45) is 0 Å². The number of nitrogens with zero attached hydrogens (tertiary/aromatic N) is 3. The number of nitrogens with one attached hydrogen (secondary N) is 1. The second-order valence-electron chi connectivity index (χ2n) is 3.74. The zero-order chi connectivity index (χ0) is 14.8. The molecule has 0 saturated heterocycles. The Bertz CT molecular complexity index is 662. The van der Waals surface area contributed by atoms with Crippen molar-refractivity contribution >= 4 is 23.1 Å². The Balaban J connectivity index is 2.33. The molecule has 0 unspecified atom stereocenters. The predicted molar refractivity (Wildman–Crippen MR) is 66.5 cm³/mol. The highest BCUT2D eigenvalue weighted by atomic mass is 35.5. The molecular weight excluding hydrogens is 293 g/mol. The average Bonchev–Trinajstić information content (AvgIpc) is 2.40. The fourth-order valence-electron chi connectivity index (χ4n) is 1.44. The molecule has 2 aromatic rings. The number of hydrogen-bond acceptors (Lipinski definition) is 4. The molecule has 1 heterocycles. The third-order valence-electron chi connectivity index (χ3n) is 2.36. The van der Waals surface area contributed by atoms with Gasteiger partial charge >= 0.3 is 6.18 Å². The standard InChI is InChI=1S/C12H6ClF3N4/c13-10-3-4-11(20-19-10)18-9-2-1-8(12(14,15)16)5-7(9)6-17/h1-5H,(H,18,20). The third-order valence-corrected chi connectivity index (χ3v) is 2.56. The predicted octanol–water partition coefficient (Wildman–Crippen LogP) is 3.76. The Morgan fingerprint density at radius 3 is 2.45 bits per heavy atom. The summed E-state index contributed by atoms with van der Waals surface area (Å²) in [5.74, 6) is 0.269. The quantitative estimate of drug-likeness (QED) is 0.917. The third kappa shape index (κ3) is 3.16. The molecule has 0 bridgehead atoms. The maximum absolute atomic E-state index is 12.5. The summed E-state index contributed by atoms with van der Waals surface area (Å²) in [6.07, 6.45) is -4.50. The molecule has 102 valence electrons. The minimum atomic E-state index is -4.50. The van der Waals surface area contributed by atoms with Crippen LogP contribution in [-0.4, -0.2) is 10.2 Å². The van der Waals surface area contributed by atoms with Gasteiger partial charge in [0.2, 0.25) is 0 Å². The SMILES string of the molecule is N#Cc1cc(C(F)(F)F)ccc1Nc1ccc(Cl)nn1. The fourth-order valence-corrected chi connectivity index (χ4v) is 1.54. The van der Waals surface area contributed by atoms with Gasteiger partial charge < -0.3 is 5.32 Å². The lowest BCUT2D eigenvalue weighted by Gasteiger charge is -2.10. The van der Waals surface area contributed by atoms with Crippen molar-refractivity contribution in [3.8, 4) is 6.07 Å². The molecule has 0 spiro atoms. The van der Waals surface area contributed by atoms with E-state index in [1.165, 1.54) is 12.1 Å². The Labute approximate surface area is 116 Å². The average molecular weight is 299 g/mol. The zero-order valence-electron chi connectivity index (χ0n) is 9.74. The second-order valence-corrected chi connectivity index (χ2v) is 4.12. The molecule has 1 aromatic heterocycles. The monoisotopic (exact) mass is 298 g/mol. The first-order chi connectivity index (χ1) is 9.40. The molecule has 0 amide bonds. The number of hydrogen-bond donors (Lipinski definition) is 1. The van der Waals surface area contributed by atoms with E-state index in [0.29, 0.717) is 0 Å². The summed E-state index contributed by atoms with van der Waals surface area (Å²) in [5, 5.41) is 19.1. The number of aromatic nitrogens is 2. The number of alkyl halides is 3. The summed E-state index contributed by atoms with van der Waals surface area (Å²) >= 11 is 5.57. The highest BCUT2D eigenvalue weighted by Gasteiger charge is 2.31. The summed E-state index contributed by atoms with van der Waals surface area (Å²) < 4.78 is 37.6. The molecule has 0 aliphatic rings. The maximum Gasteiger partial charge on any atom is 0.416 e. The van der Waals surface area contributed by atoms with Crippen LogP contribution in [0.15, 0.2) is 30.3 Å². The summed E-state index contributed by atoms with van der Waals surface area (Å²) in [4.78, 5) is 0. The lowest BCUT2D eigenvalue weighted by molar-refractivity contribution is -0.137. The number of anilines is 2. The number of benzene rings is 1. The van der Waals surface area contributed by atoms with Gasteiger partial charge in [-0.05, 0) is 30.3 Å². The molecule has 20 heavy (non-hydrogen) atoms.